The molecule has 0 aliphatic heterocycles. The molecule has 3 aromatic rings. The first-order valence-electron chi connectivity index (χ1n) is 16.9. The van der Waals surface area contributed by atoms with Crippen molar-refractivity contribution in [2.24, 2.45) is 23.5 Å². The molecule has 3 unspecified atom stereocenters. The minimum absolute atomic E-state index is 0.0400. The maximum absolute atomic E-state index is 13.4. The van der Waals surface area contributed by atoms with Crippen LogP contribution < -0.4 is 27.2 Å². The molecule has 11 nitrogen and oxygen atoms in total. The van der Waals surface area contributed by atoms with E-state index in [2.05, 4.69) is 26.5 Å². The van der Waals surface area contributed by atoms with Crippen molar-refractivity contribution in [3.63, 3.8) is 0 Å². The molecule has 51 heavy (non-hydrogen) atoms. The second-order valence-electron chi connectivity index (χ2n) is 12.9. The number of hydrazine groups is 1. The Balaban J connectivity index is 0.000000316. The third-order valence-electron chi connectivity index (χ3n) is 9.20. The largest absolute Gasteiger partial charge is 0.418 e. The van der Waals surface area contributed by atoms with Crippen molar-refractivity contribution < 1.29 is 41.5 Å². The lowest BCUT2D eigenvalue weighted by Gasteiger charge is -2.27. The summed E-state index contributed by atoms with van der Waals surface area (Å²) >= 11 is 0. The Bertz CT molecular complexity index is 1730. The quantitative estimate of drug-likeness (QED) is 0.127. The summed E-state index contributed by atoms with van der Waals surface area (Å²) in [6.07, 6.45) is -2.08. The van der Waals surface area contributed by atoms with Crippen molar-refractivity contribution in [1.82, 2.24) is 26.5 Å². The van der Waals surface area contributed by atoms with Crippen molar-refractivity contribution >= 4 is 40.4 Å². The standard InChI is InChI=1S/C22H27F3N4O3.C14H19FN2O2/c1-4-11(2)18(21(32)29-28-12(3)30)27-20(31)13-8-9-17-15(10-13)14-6-5-7-16(19(14)26-17)22(23,24)25;1-3-9(2)13(14(16)19)17-12(18)8-10-6-4-5-7-11(10)15/h5-7,11,13,18,26H,4,8-10H2,1-3H3,(H,27,31)(H,28,30)(H,29,32);4-7,9,13H,3,8H2,1-2H3,(H2,16,19)(H,17,18)/t11?,13?,18-;9?,13-/m00/s1. The van der Waals surface area contributed by atoms with E-state index in [-0.39, 0.29) is 36.1 Å². The second kappa shape index (κ2) is 17.8. The van der Waals surface area contributed by atoms with Gasteiger partial charge < -0.3 is 21.4 Å². The number of nitrogens with two attached hydrogens (primary N) is 1. The van der Waals surface area contributed by atoms with Gasteiger partial charge in [-0.2, -0.15) is 13.2 Å². The molecule has 7 N–H and O–H groups in total. The van der Waals surface area contributed by atoms with Gasteiger partial charge >= 0.3 is 6.18 Å². The average Bonchev–Trinajstić information content (AvgIpc) is 3.46. The number of nitrogens with one attached hydrogen (secondary N) is 5. The van der Waals surface area contributed by atoms with Crippen molar-refractivity contribution in [3.05, 3.63) is 70.7 Å². The van der Waals surface area contributed by atoms with E-state index in [4.69, 9.17) is 5.73 Å². The Kier molecular flexibility index (Phi) is 14.1. The minimum atomic E-state index is -4.48. The molecule has 0 radical (unpaired) electrons. The fourth-order valence-corrected chi connectivity index (χ4v) is 5.87. The van der Waals surface area contributed by atoms with Crippen molar-refractivity contribution in [2.75, 3.05) is 0 Å². The zero-order valence-corrected chi connectivity index (χ0v) is 29.3. The number of halogens is 4. The lowest BCUT2D eigenvalue weighted by atomic mass is 9.85. The normalized spacial score (nSPS) is 16.3. The van der Waals surface area contributed by atoms with Crippen LogP contribution in [0.15, 0.2) is 42.5 Å². The SMILES string of the molecule is CCC(C)[C@H](NC(=O)C1CCc2[nH]c3c(C(F)(F)F)cccc3c2C1)C(=O)NNC(C)=O.CCC(C)[C@H](NC(=O)Cc1ccccc1F)C(N)=O. The summed E-state index contributed by atoms with van der Waals surface area (Å²) in [5.74, 6) is -3.43. The summed E-state index contributed by atoms with van der Waals surface area (Å²) in [5.41, 5.74) is 10.8. The van der Waals surface area contributed by atoms with Gasteiger partial charge in [-0.05, 0) is 54.4 Å². The molecule has 1 aromatic heterocycles. The van der Waals surface area contributed by atoms with Gasteiger partial charge in [-0.1, -0.05) is 70.9 Å². The molecular formula is C36H46F4N6O5. The van der Waals surface area contributed by atoms with E-state index >= 15 is 0 Å². The van der Waals surface area contributed by atoms with E-state index in [9.17, 15) is 41.5 Å². The first-order chi connectivity index (χ1) is 24.0. The minimum Gasteiger partial charge on any atom is -0.368 e. The van der Waals surface area contributed by atoms with Gasteiger partial charge in [0, 0.05) is 23.9 Å². The fraction of sp³-hybridized carbons (Fsp3) is 0.472. The molecule has 0 saturated carbocycles. The molecule has 5 atom stereocenters. The predicted molar refractivity (Wildman–Crippen MR) is 183 cm³/mol. The summed E-state index contributed by atoms with van der Waals surface area (Å²) in [5, 5.41) is 5.80. The highest BCUT2D eigenvalue weighted by atomic mass is 19.4. The van der Waals surface area contributed by atoms with Crippen LogP contribution in [0.5, 0.6) is 0 Å². The first-order valence-corrected chi connectivity index (χ1v) is 16.9. The molecule has 2 aromatic carbocycles. The molecule has 5 amide bonds. The number of H-pyrrole nitrogens is 1. The number of aromatic nitrogens is 1. The number of aromatic amines is 1. The predicted octanol–water partition coefficient (Wildman–Crippen LogP) is 4.37. The van der Waals surface area contributed by atoms with Crippen LogP contribution >= 0.6 is 0 Å². The van der Waals surface area contributed by atoms with E-state index in [0.717, 1.165) is 6.07 Å². The third kappa shape index (κ3) is 10.8. The van der Waals surface area contributed by atoms with E-state index in [1.807, 2.05) is 27.7 Å². The molecule has 0 bridgehead atoms. The molecule has 0 saturated heterocycles. The van der Waals surface area contributed by atoms with Gasteiger partial charge in [0.25, 0.3) is 5.91 Å². The van der Waals surface area contributed by atoms with E-state index in [1.54, 1.807) is 18.2 Å². The highest BCUT2D eigenvalue weighted by Gasteiger charge is 2.36. The molecule has 4 rings (SSSR count). The number of carbonyl (C=O) groups is 5. The number of hydrogen-bond acceptors (Lipinski definition) is 5. The maximum atomic E-state index is 13.4. The summed E-state index contributed by atoms with van der Waals surface area (Å²) < 4.78 is 53.5. The number of hydrogen-bond donors (Lipinski definition) is 6. The Hall–Kier alpha value is -4.95. The fourth-order valence-electron chi connectivity index (χ4n) is 5.87. The number of alkyl halides is 3. The van der Waals surface area contributed by atoms with Crippen LogP contribution in [0.3, 0.4) is 0 Å². The van der Waals surface area contributed by atoms with Gasteiger partial charge in [-0.15, -0.1) is 0 Å². The highest BCUT2D eigenvalue weighted by Crippen LogP contribution is 2.39. The smallest absolute Gasteiger partial charge is 0.368 e. The molecule has 0 spiro atoms. The summed E-state index contributed by atoms with van der Waals surface area (Å²) in [4.78, 5) is 62.6. The van der Waals surface area contributed by atoms with Crippen molar-refractivity contribution in [3.8, 4) is 0 Å². The topological polar surface area (TPSA) is 175 Å². The Morgan fingerprint density at radius 2 is 1.57 bits per heavy atom. The Labute approximate surface area is 293 Å². The number of fused-ring (bicyclic) bond motifs is 3. The van der Waals surface area contributed by atoms with Crippen LogP contribution in [-0.2, 0) is 49.4 Å². The highest BCUT2D eigenvalue weighted by molar-refractivity contribution is 5.92. The molecule has 1 aliphatic rings. The molecule has 15 heteroatoms. The van der Waals surface area contributed by atoms with Gasteiger partial charge in [0.1, 0.15) is 17.9 Å². The average molecular weight is 719 g/mol. The molecule has 278 valence electrons. The monoisotopic (exact) mass is 718 g/mol. The van der Waals surface area contributed by atoms with Gasteiger partial charge in [0.15, 0.2) is 0 Å². The molecule has 1 aliphatic carbocycles. The van der Waals surface area contributed by atoms with E-state index in [1.165, 1.54) is 25.1 Å². The van der Waals surface area contributed by atoms with Crippen molar-refractivity contribution in [1.29, 1.82) is 0 Å². The molecule has 1 heterocycles. The van der Waals surface area contributed by atoms with Gasteiger partial charge in [-0.3, -0.25) is 34.8 Å². The van der Waals surface area contributed by atoms with Crippen LogP contribution in [0.4, 0.5) is 17.6 Å². The summed E-state index contributed by atoms with van der Waals surface area (Å²) in [6.45, 7) is 8.69. The summed E-state index contributed by atoms with van der Waals surface area (Å²) in [7, 11) is 0. The van der Waals surface area contributed by atoms with Crippen LogP contribution in [0.25, 0.3) is 10.9 Å². The number of para-hydroxylation sites is 1. The number of primary amides is 1. The molecular weight excluding hydrogens is 672 g/mol. The van der Waals surface area contributed by atoms with E-state index < -0.39 is 59.2 Å². The summed E-state index contributed by atoms with van der Waals surface area (Å²) in [6, 6.07) is 8.52. The van der Waals surface area contributed by atoms with Crippen LogP contribution in [-0.4, -0.2) is 46.6 Å². The lowest BCUT2D eigenvalue weighted by molar-refractivity contribution is -0.136. The van der Waals surface area contributed by atoms with Gasteiger partial charge in [0.05, 0.1) is 17.5 Å². The number of benzene rings is 2. The van der Waals surface area contributed by atoms with E-state index in [0.29, 0.717) is 47.9 Å². The zero-order valence-electron chi connectivity index (χ0n) is 29.3. The third-order valence-corrected chi connectivity index (χ3v) is 9.20. The van der Waals surface area contributed by atoms with Crippen LogP contribution in [0.2, 0.25) is 0 Å². The number of aryl methyl sites for hydroxylation is 1. The number of carbonyl (C=O) groups excluding carboxylic acids is 5. The second-order valence-corrected chi connectivity index (χ2v) is 12.9. The Morgan fingerprint density at radius 3 is 2.16 bits per heavy atom. The molecule has 0 fully saturated rings. The van der Waals surface area contributed by atoms with Crippen LogP contribution in [0, 0.1) is 23.6 Å². The van der Waals surface area contributed by atoms with Crippen LogP contribution in [0.1, 0.15) is 76.3 Å². The maximum Gasteiger partial charge on any atom is 0.418 e. The zero-order chi connectivity index (χ0) is 38.0. The first kappa shape index (κ1) is 40.5. The number of amides is 5. The lowest BCUT2D eigenvalue weighted by Crippen LogP contribution is -2.55. The van der Waals surface area contributed by atoms with Gasteiger partial charge in [-0.25, -0.2) is 4.39 Å². The Morgan fingerprint density at radius 1 is 0.922 bits per heavy atom. The van der Waals surface area contributed by atoms with Crippen molar-refractivity contribution in [2.45, 2.75) is 91.4 Å². The number of rotatable bonds is 11. The van der Waals surface area contributed by atoms with Gasteiger partial charge in [0.2, 0.25) is 23.6 Å².